The van der Waals surface area contributed by atoms with Crippen molar-refractivity contribution < 1.29 is 4.79 Å². The predicted molar refractivity (Wildman–Crippen MR) is 88.1 cm³/mol. The molecule has 2 N–H and O–H groups in total. The Kier molecular flexibility index (Phi) is 5.06. The van der Waals surface area contributed by atoms with Gasteiger partial charge in [-0.3, -0.25) is 0 Å². The number of benzene rings is 2. The Labute approximate surface area is 129 Å². The lowest BCUT2D eigenvalue weighted by Crippen LogP contribution is -2.28. The van der Waals surface area contributed by atoms with Crippen molar-refractivity contribution >= 4 is 29.0 Å². The Bertz CT molecular complexity index is 594. The van der Waals surface area contributed by atoms with E-state index in [1.165, 1.54) is 0 Å². The summed E-state index contributed by atoms with van der Waals surface area (Å²) in [5.41, 5.74) is 2.84. The van der Waals surface area contributed by atoms with Crippen molar-refractivity contribution in [1.82, 2.24) is 5.32 Å². The maximum absolute atomic E-state index is 11.8. The van der Waals surface area contributed by atoms with E-state index in [1.807, 2.05) is 55.4 Å². The van der Waals surface area contributed by atoms with Gasteiger partial charge in [-0.05, 0) is 42.0 Å². The smallest absolute Gasteiger partial charge is 0.319 e. The van der Waals surface area contributed by atoms with Gasteiger partial charge < -0.3 is 15.5 Å². The fraction of sp³-hybridized carbons (Fsp3) is 0.188. The van der Waals surface area contributed by atoms with Crippen LogP contribution in [0.25, 0.3) is 0 Å². The number of hydrogen-bond acceptors (Lipinski definition) is 2. The number of nitrogens with one attached hydrogen (secondary N) is 2. The topological polar surface area (TPSA) is 44.4 Å². The first-order chi connectivity index (χ1) is 10.0. The molecule has 2 amide bonds. The number of anilines is 2. The normalized spacial score (nSPS) is 10.0. The summed E-state index contributed by atoms with van der Waals surface area (Å²) in [6, 6.07) is 14.8. The fourth-order valence-electron chi connectivity index (χ4n) is 1.80. The highest BCUT2D eigenvalue weighted by Gasteiger charge is 2.02. The third kappa shape index (κ3) is 4.68. The summed E-state index contributed by atoms with van der Waals surface area (Å²) in [5.74, 6) is 0. The van der Waals surface area contributed by atoms with Crippen molar-refractivity contribution in [3.05, 3.63) is 59.1 Å². The second-order valence-electron chi connectivity index (χ2n) is 4.88. The van der Waals surface area contributed by atoms with E-state index >= 15 is 0 Å². The molecule has 0 unspecified atom stereocenters. The molecule has 0 aliphatic carbocycles. The van der Waals surface area contributed by atoms with Crippen LogP contribution in [0, 0.1) is 0 Å². The van der Waals surface area contributed by atoms with Crippen LogP contribution in [0.5, 0.6) is 0 Å². The van der Waals surface area contributed by atoms with Gasteiger partial charge in [0.25, 0.3) is 0 Å². The number of carbonyl (C=O) groups excluding carboxylic acids is 1. The Morgan fingerprint density at radius 3 is 2.24 bits per heavy atom. The minimum atomic E-state index is -0.234. The van der Waals surface area contributed by atoms with Gasteiger partial charge in [-0.25, -0.2) is 4.79 Å². The van der Waals surface area contributed by atoms with Crippen molar-refractivity contribution in [2.24, 2.45) is 0 Å². The molecule has 0 saturated heterocycles. The summed E-state index contributed by atoms with van der Waals surface area (Å²) in [5, 5.41) is 6.28. The van der Waals surface area contributed by atoms with Gasteiger partial charge in [-0.2, -0.15) is 0 Å². The molecule has 21 heavy (non-hydrogen) atoms. The number of hydrogen-bond donors (Lipinski definition) is 2. The molecule has 2 rings (SSSR count). The summed E-state index contributed by atoms with van der Waals surface area (Å²) in [6.45, 7) is 0.457. The van der Waals surface area contributed by atoms with Gasteiger partial charge in [0, 0.05) is 37.0 Å². The highest BCUT2D eigenvalue weighted by molar-refractivity contribution is 6.30. The number of amides is 2. The van der Waals surface area contributed by atoms with Crippen LogP contribution >= 0.6 is 11.6 Å². The molecule has 2 aromatic carbocycles. The number of halogens is 1. The number of urea groups is 1. The minimum absolute atomic E-state index is 0.234. The molecule has 5 heteroatoms. The molecule has 4 nitrogen and oxygen atoms in total. The van der Waals surface area contributed by atoms with Gasteiger partial charge in [0.1, 0.15) is 0 Å². The zero-order chi connectivity index (χ0) is 15.2. The van der Waals surface area contributed by atoms with Gasteiger partial charge >= 0.3 is 6.03 Å². The first kappa shape index (κ1) is 15.2. The largest absolute Gasteiger partial charge is 0.378 e. The van der Waals surface area contributed by atoms with Crippen molar-refractivity contribution in [1.29, 1.82) is 0 Å². The van der Waals surface area contributed by atoms with Crippen molar-refractivity contribution in [2.75, 3.05) is 24.3 Å². The quantitative estimate of drug-likeness (QED) is 0.904. The highest BCUT2D eigenvalue weighted by Crippen LogP contribution is 2.15. The van der Waals surface area contributed by atoms with Crippen molar-refractivity contribution in [3.63, 3.8) is 0 Å². The molecular weight excluding hydrogens is 286 g/mol. The van der Waals surface area contributed by atoms with Crippen LogP contribution in [0.15, 0.2) is 48.5 Å². The van der Waals surface area contributed by atoms with Crippen LogP contribution in [-0.4, -0.2) is 20.1 Å². The number of rotatable bonds is 4. The molecule has 0 atom stereocenters. The maximum Gasteiger partial charge on any atom is 0.319 e. The third-order valence-corrected chi connectivity index (χ3v) is 3.26. The third-order valence-electron chi connectivity index (χ3n) is 3.01. The average Bonchev–Trinajstić information content (AvgIpc) is 2.47. The van der Waals surface area contributed by atoms with Crippen LogP contribution in [0.1, 0.15) is 5.56 Å². The highest BCUT2D eigenvalue weighted by atomic mass is 35.5. The van der Waals surface area contributed by atoms with E-state index in [0.717, 1.165) is 16.9 Å². The molecule has 0 aliphatic rings. The standard InChI is InChI=1S/C16H18ClN3O/c1-20(2)15-9-7-14(8-10-15)19-16(21)18-11-12-3-5-13(17)6-4-12/h3-10H,11H2,1-2H3,(H2,18,19,21). The zero-order valence-corrected chi connectivity index (χ0v) is 12.8. The van der Waals surface area contributed by atoms with Gasteiger partial charge in [0.2, 0.25) is 0 Å². The van der Waals surface area contributed by atoms with Crippen LogP contribution in [0.3, 0.4) is 0 Å². The second kappa shape index (κ2) is 6.99. The van der Waals surface area contributed by atoms with Crippen LogP contribution < -0.4 is 15.5 Å². The van der Waals surface area contributed by atoms with E-state index in [1.54, 1.807) is 12.1 Å². The Hall–Kier alpha value is -2.20. The molecule has 2 aromatic rings. The number of nitrogens with zero attached hydrogens (tertiary/aromatic N) is 1. The molecular formula is C16H18ClN3O. The SMILES string of the molecule is CN(C)c1ccc(NC(=O)NCc2ccc(Cl)cc2)cc1. The lowest BCUT2D eigenvalue weighted by molar-refractivity contribution is 0.251. The van der Waals surface area contributed by atoms with E-state index in [0.29, 0.717) is 11.6 Å². The molecule has 0 fully saturated rings. The van der Waals surface area contributed by atoms with Gasteiger partial charge in [-0.15, -0.1) is 0 Å². The van der Waals surface area contributed by atoms with Gasteiger partial charge in [0.15, 0.2) is 0 Å². The molecule has 0 spiro atoms. The Morgan fingerprint density at radius 2 is 1.67 bits per heavy atom. The molecule has 0 heterocycles. The minimum Gasteiger partial charge on any atom is -0.378 e. The van der Waals surface area contributed by atoms with Gasteiger partial charge in [0.05, 0.1) is 0 Å². The first-order valence-corrected chi connectivity index (χ1v) is 6.99. The van der Waals surface area contributed by atoms with Crippen molar-refractivity contribution in [2.45, 2.75) is 6.54 Å². The van der Waals surface area contributed by atoms with Crippen molar-refractivity contribution in [3.8, 4) is 0 Å². The Balaban J connectivity index is 1.85. The average molecular weight is 304 g/mol. The summed E-state index contributed by atoms with van der Waals surface area (Å²) in [4.78, 5) is 13.8. The predicted octanol–water partition coefficient (Wildman–Crippen LogP) is 3.73. The zero-order valence-electron chi connectivity index (χ0n) is 12.1. The van der Waals surface area contributed by atoms with Crippen LogP contribution in [0.2, 0.25) is 5.02 Å². The number of carbonyl (C=O) groups is 1. The first-order valence-electron chi connectivity index (χ1n) is 6.61. The maximum atomic E-state index is 11.8. The monoisotopic (exact) mass is 303 g/mol. The molecule has 0 saturated carbocycles. The van der Waals surface area contributed by atoms with E-state index in [4.69, 9.17) is 11.6 Å². The van der Waals surface area contributed by atoms with Crippen LogP contribution in [-0.2, 0) is 6.54 Å². The Morgan fingerprint density at radius 1 is 1.05 bits per heavy atom. The molecule has 0 aliphatic heterocycles. The molecule has 0 bridgehead atoms. The van der Waals surface area contributed by atoms with E-state index in [2.05, 4.69) is 10.6 Å². The second-order valence-corrected chi connectivity index (χ2v) is 5.31. The van der Waals surface area contributed by atoms with E-state index in [-0.39, 0.29) is 6.03 Å². The van der Waals surface area contributed by atoms with Gasteiger partial charge in [-0.1, -0.05) is 23.7 Å². The summed E-state index contributed by atoms with van der Waals surface area (Å²) in [6.07, 6.45) is 0. The molecule has 0 aromatic heterocycles. The fourth-order valence-corrected chi connectivity index (χ4v) is 1.93. The summed E-state index contributed by atoms with van der Waals surface area (Å²) >= 11 is 5.81. The summed E-state index contributed by atoms with van der Waals surface area (Å²) in [7, 11) is 3.95. The van der Waals surface area contributed by atoms with E-state index in [9.17, 15) is 4.79 Å². The van der Waals surface area contributed by atoms with E-state index < -0.39 is 0 Å². The summed E-state index contributed by atoms with van der Waals surface area (Å²) < 4.78 is 0. The lowest BCUT2D eigenvalue weighted by atomic mass is 10.2. The van der Waals surface area contributed by atoms with Crippen LogP contribution in [0.4, 0.5) is 16.2 Å². The molecule has 0 radical (unpaired) electrons. The lowest BCUT2D eigenvalue weighted by Gasteiger charge is -2.13. The molecule has 110 valence electrons.